The van der Waals surface area contributed by atoms with Gasteiger partial charge in [0.1, 0.15) is 0 Å². The van der Waals surface area contributed by atoms with E-state index in [9.17, 15) is 10.1 Å². The van der Waals surface area contributed by atoms with Gasteiger partial charge in [-0.25, -0.2) is 0 Å². The molecule has 1 fully saturated rings. The fraction of sp³-hybridized carbons (Fsp3) is 0.538. The Labute approximate surface area is 106 Å². The van der Waals surface area contributed by atoms with Gasteiger partial charge in [0.2, 0.25) is 0 Å². The highest BCUT2D eigenvalue weighted by Gasteiger charge is 2.22. The molecule has 1 aliphatic rings. The molecule has 1 heterocycles. The fourth-order valence-corrected chi connectivity index (χ4v) is 2.51. The van der Waals surface area contributed by atoms with Gasteiger partial charge in [0.25, 0.3) is 5.69 Å². The predicted molar refractivity (Wildman–Crippen MR) is 69.9 cm³/mol. The number of piperidine rings is 1. The maximum atomic E-state index is 10.9. The number of nitro groups is 1. The number of aliphatic hydroxyl groups excluding tert-OH is 1. The van der Waals surface area contributed by atoms with Crippen molar-refractivity contribution >= 4 is 11.4 Å². The zero-order chi connectivity index (χ0) is 13.1. The number of anilines is 1. The number of rotatable bonds is 3. The molecule has 98 valence electrons. The van der Waals surface area contributed by atoms with Crippen LogP contribution in [0.25, 0.3) is 0 Å². The Bertz CT molecular complexity index is 440. The first-order valence-electron chi connectivity index (χ1n) is 6.23. The number of nitrogens with zero attached hydrogens (tertiary/aromatic N) is 2. The van der Waals surface area contributed by atoms with Crippen LogP contribution in [0.15, 0.2) is 18.2 Å². The van der Waals surface area contributed by atoms with Crippen molar-refractivity contribution in [2.24, 2.45) is 5.92 Å². The Morgan fingerprint density at radius 2 is 2.11 bits per heavy atom. The summed E-state index contributed by atoms with van der Waals surface area (Å²) in [5, 5.41) is 20.0. The van der Waals surface area contributed by atoms with Crippen LogP contribution in [0.4, 0.5) is 11.4 Å². The van der Waals surface area contributed by atoms with Crippen molar-refractivity contribution in [2.45, 2.75) is 19.8 Å². The molecule has 0 spiro atoms. The second kappa shape index (κ2) is 5.35. The molecule has 5 nitrogen and oxygen atoms in total. The SMILES string of the molecule is Cc1c(N2CCC(CO)CC2)cccc1[N+](=O)[O-]. The van der Waals surface area contributed by atoms with Gasteiger partial charge in [-0.05, 0) is 31.7 Å². The van der Waals surface area contributed by atoms with E-state index in [-0.39, 0.29) is 17.2 Å². The summed E-state index contributed by atoms with van der Waals surface area (Å²) in [6, 6.07) is 5.21. The van der Waals surface area contributed by atoms with Crippen LogP contribution in [0.2, 0.25) is 0 Å². The average molecular weight is 250 g/mol. The quantitative estimate of drug-likeness (QED) is 0.659. The second-order valence-electron chi connectivity index (χ2n) is 4.79. The monoisotopic (exact) mass is 250 g/mol. The molecule has 2 rings (SSSR count). The fourth-order valence-electron chi connectivity index (χ4n) is 2.51. The van der Waals surface area contributed by atoms with E-state index in [1.165, 1.54) is 0 Å². The van der Waals surface area contributed by atoms with E-state index in [1.54, 1.807) is 19.1 Å². The normalized spacial score (nSPS) is 16.9. The van der Waals surface area contributed by atoms with Gasteiger partial charge in [0.05, 0.1) is 10.5 Å². The predicted octanol–water partition coefficient (Wildman–Crippen LogP) is 2.11. The molecule has 1 N–H and O–H groups in total. The molecule has 0 aromatic heterocycles. The molecule has 0 atom stereocenters. The third-order valence-electron chi connectivity index (χ3n) is 3.69. The molecule has 5 heteroatoms. The summed E-state index contributed by atoms with van der Waals surface area (Å²) in [6.07, 6.45) is 1.89. The molecule has 0 radical (unpaired) electrons. The molecular weight excluding hydrogens is 232 g/mol. The Morgan fingerprint density at radius 1 is 1.44 bits per heavy atom. The third-order valence-corrected chi connectivity index (χ3v) is 3.69. The lowest BCUT2D eigenvalue weighted by atomic mass is 9.97. The minimum atomic E-state index is -0.334. The van der Waals surface area contributed by atoms with Gasteiger partial charge < -0.3 is 10.0 Å². The topological polar surface area (TPSA) is 66.6 Å². The first-order valence-corrected chi connectivity index (χ1v) is 6.23. The van der Waals surface area contributed by atoms with Crippen molar-refractivity contribution < 1.29 is 10.0 Å². The number of benzene rings is 1. The Kier molecular flexibility index (Phi) is 3.81. The maximum Gasteiger partial charge on any atom is 0.274 e. The summed E-state index contributed by atoms with van der Waals surface area (Å²) >= 11 is 0. The highest BCUT2D eigenvalue weighted by Crippen LogP contribution is 2.30. The summed E-state index contributed by atoms with van der Waals surface area (Å²) in [4.78, 5) is 12.8. The lowest BCUT2D eigenvalue weighted by molar-refractivity contribution is -0.385. The third kappa shape index (κ3) is 2.46. The summed E-state index contributed by atoms with van der Waals surface area (Å²) in [7, 11) is 0. The summed E-state index contributed by atoms with van der Waals surface area (Å²) in [6.45, 7) is 3.74. The molecule has 0 aliphatic carbocycles. The van der Waals surface area contributed by atoms with E-state index >= 15 is 0 Å². The van der Waals surface area contributed by atoms with Crippen LogP contribution >= 0.6 is 0 Å². The summed E-state index contributed by atoms with van der Waals surface area (Å²) in [5.41, 5.74) is 1.85. The molecule has 0 amide bonds. The van der Waals surface area contributed by atoms with Gasteiger partial charge in [-0.15, -0.1) is 0 Å². The van der Waals surface area contributed by atoms with E-state index in [4.69, 9.17) is 5.11 Å². The molecule has 1 aliphatic heterocycles. The van der Waals surface area contributed by atoms with E-state index in [0.29, 0.717) is 5.92 Å². The molecule has 1 aromatic rings. The standard InChI is InChI=1S/C13H18N2O3/c1-10-12(3-2-4-13(10)15(17)18)14-7-5-11(9-16)6-8-14/h2-4,11,16H,5-9H2,1H3. The summed E-state index contributed by atoms with van der Waals surface area (Å²) in [5.74, 6) is 0.375. The number of hydrogen-bond donors (Lipinski definition) is 1. The average Bonchev–Trinajstić information content (AvgIpc) is 2.39. The molecule has 18 heavy (non-hydrogen) atoms. The Balaban J connectivity index is 2.19. The van der Waals surface area contributed by atoms with Crippen LogP contribution in [0.1, 0.15) is 18.4 Å². The zero-order valence-electron chi connectivity index (χ0n) is 10.5. The highest BCUT2D eigenvalue weighted by molar-refractivity contribution is 5.61. The first kappa shape index (κ1) is 12.8. The van der Waals surface area contributed by atoms with Crippen molar-refractivity contribution in [3.8, 4) is 0 Å². The largest absolute Gasteiger partial charge is 0.396 e. The van der Waals surface area contributed by atoms with Gasteiger partial charge in [0, 0.05) is 31.5 Å². The van der Waals surface area contributed by atoms with E-state index in [1.807, 2.05) is 6.07 Å². The van der Waals surface area contributed by atoms with Crippen LogP contribution in [0, 0.1) is 23.0 Å². The minimum absolute atomic E-state index is 0.178. The van der Waals surface area contributed by atoms with E-state index in [2.05, 4.69) is 4.90 Å². The lowest BCUT2D eigenvalue weighted by Gasteiger charge is -2.33. The van der Waals surface area contributed by atoms with Gasteiger partial charge in [-0.3, -0.25) is 10.1 Å². The van der Waals surface area contributed by atoms with Crippen LogP contribution in [-0.2, 0) is 0 Å². The van der Waals surface area contributed by atoms with Gasteiger partial charge in [-0.2, -0.15) is 0 Å². The van der Waals surface area contributed by atoms with Crippen molar-refractivity contribution in [3.05, 3.63) is 33.9 Å². The number of aliphatic hydroxyl groups is 1. The number of hydrogen-bond acceptors (Lipinski definition) is 4. The van der Waals surface area contributed by atoms with Crippen LogP contribution < -0.4 is 4.90 Å². The van der Waals surface area contributed by atoms with E-state index in [0.717, 1.165) is 37.2 Å². The van der Waals surface area contributed by atoms with Crippen molar-refractivity contribution in [2.75, 3.05) is 24.6 Å². The highest BCUT2D eigenvalue weighted by atomic mass is 16.6. The lowest BCUT2D eigenvalue weighted by Crippen LogP contribution is -2.35. The van der Waals surface area contributed by atoms with Crippen molar-refractivity contribution in [1.82, 2.24) is 0 Å². The molecule has 1 aromatic carbocycles. The smallest absolute Gasteiger partial charge is 0.274 e. The van der Waals surface area contributed by atoms with Crippen LogP contribution in [-0.4, -0.2) is 29.7 Å². The maximum absolute atomic E-state index is 10.9. The van der Waals surface area contributed by atoms with Crippen molar-refractivity contribution in [3.63, 3.8) is 0 Å². The molecular formula is C13H18N2O3. The molecule has 0 saturated carbocycles. The van der Waals surface area contributed by atoms with E-state index < -0.39 is 0 Å². The Morgan fingerprint density at radius 3 is 2.67 bits per heavy atom. The minimum Gasteiger partial charge on any atom is -0.396 e. The van der Waals surface area contributed by atoms with Crippen LogP contribution in [0.3, 0.4) is 0 Å². The van der Waals surface area contributed by atoms with Gasteiger partial charge in [0.15, 0.2) is 0 Å². The molecule has 0 unspecified atom stereocenters. The summed E-state index contributed by atoms with van der Waals surface area (Å²) < 4.78 is 0. The van der Waals surface area contributed by atoms with Crippen molar-refractivity contribution in [1.29, 1.82) is 0 Å². The molecule has 1 saturated heterocycles. The van der Waals surface area contributed by atoms with Gasteiger partial charge in [-0.1, -0.05) is 6.07 Å². The van der Waals surface area contributed by atoms with Gasteiger partial charge >= 0.3 is 0 Å². The Hall–Kier alpha value is -1.62. The zero-order valence-corrected chi connectivity index (χ0v) is 10.5. The first-order chi connectivity index (χ1) is 8.63. The second-order valence-corrected chi connectivity index (χ2v) is 4.79. The number of nitro benzene ring substituents is 1. The van der Waals surface area contributed by atoms with Crippen LogP contribution in [0.5, 0.6) is 0 Å². The molecule has 0 bridgehead atoms.